The van der Waals surface area contributed by atoms with E-state index in [0.717, 1.165) is 76.4 Å². The molecule has 4 aliphatic rings. The predicted octanol–water partition coefficient (Wildman–Crippen LogP) is 2.64. The standard InChI is InChI=1S/C23H34N6O2/c30-23(5-1-2-6-23)22-13-29(27-26-22)20-7-17-10-28(12-19-9-24-15-25-19)11-18(17)8-21(20)31-14-16-3-4-16/h9,13,15-18,20-21,30H,1-8,10-12,14H2,(H,24,25)/t17-,18+,20-,21-/m1/s1. The molecule has 31 heavy (non-hydrogen) atoms. The summed E-state index contributed by atoms with van der Waals surface area (Å²) in [5.74, 6) is 2.07. The van der Waals surface area contributed by atoms with E-state index in [-0.39, 0.29) is 12.1 Å². The lowest BCUT2D eigenvalue weighted by Gasteiger charge is -2.37. The number of imidazole rings is 1. The molecule has 0 unspecified atom stereocenters. The summed E-state index contributed by atoms with van der Waals surface area (Å²) in [5, 5.41) is 19.9. The second-order valence-electron chi connectivity index (χ2n) is 10.5. The number of rotatable bonds is 7. The number of aromatic nitrogens is 5. The van der Waals surface area contributed by atoms with E-state index in [1.54, 1.807) is 6.33 Å². The van der Waals surface area contributed by atoms with Crippen molar-refractivity contribution in [2.45, 2.75) is 75.7 Å². The lowest BCUT2D eigenvalue weighted by molar-refractivity contribution is -0.0376. The van der Waals surface area contributed by atoms with E-state index >= 15 is 0 Å². The van der Waals surface area contributed by atoms with E-state index in [1.165, 1.54) is 18.5 Å². The van der Waals surface area contributed by atoms with Crippen LogP contribution in [-0.2, 0) is 16.9 Å². The Kier molecular flexibility index (Phi) is 5.11. The maximum absolute atomic E-state index is 11.0. The van der Waals surface area contributed by atoms with Gasteiger partial charge in [-0.3, -0.25) is 4.90 Å². The van der Waals surface area contributed by atoms with Gasteiger partial charge >= 0.3 is 0 Å². The second kappa shape index (κ2) is 7.98. The zero-order chi connectivity index (χ0) is 20.8. The maximum Gasteiger partial charge on any atom is 0.114 e. The van der Waals surface area contributed by atoms with E-state index < -0.39 is 5.60 Å². The molecule has 8 heteroatoms. The summed E-state index contributed by atoms with van der Waals surface area (Å²) in [6.45, 7) is 4.05. The molecule has 0 amide bonds. The summed E-state index contributed by atoms with van der Waals surface area (Å²) in [6, 6.07) is 0.207. The van der Waals surface area contributed by atoms with Crippen LogP contribution in [-0.4, -0.2) is 60.8 Å². The highest BCUT2D eigenvalue weighted by molar-refractivity contribution is 5.10. The van der Waals surface area contributed by atoms with Gasteiger partial charge < -0.3 is 14.8 Å². The van der Waals surface area contributed by atoms with Crippen molar-refractivity contribution < 1.29 is 9.84 Å². The second-order valence-corrected chi connectivity index (χ2v) is 10.5. The fourth-order valence-corrected chi connectivity index (χ4v) is 6.10. The predicted molar refractivity (Wildman–Crippen MR) is 114 cm³/mol. The Morgan fingerprint density at radius 3 is 2.71 bits per heavy atom. The topological polar surface area (TPSA) is 92.1 Å². The summed E-state index contributed by atoms with van der Waals surface area (Å²) in [6.07, 6.45) is 14.4. The fourth-order valence-electron chi connectivity index (χ4n) is 6.10. The first-order valence-electron chi connectivity index (χ1n) is 12.1. The largest absolute Gasteiger partial charge is 0.383 e. The zero-order valence-corrected chi connectivity index (χ0v) is 18.2. The molecule has 168 valence electrons. The van der Waals surface area contributed by atoms with Crippen LogP contribution in [0, 0.1) is 17.8 Å². The Labute approximate surface area is 183 Å². The number of nitrogens with zero attached hydrogens (tertiary/aromatic N) is 5. The van der Waals surface area contributed by atoms with Crippen LogP contribution in [0.5, 0.6) is 0 Å². The molecule has 1 aliphatic heterocycles. The third-order valence-electron chi connectivity index (χ3n) is 8.11. The molecule has 1 saturated heterocycles. The number of nitrogens with one attached hydrogen (secondary N) is 1. The quantitative estimate of drug-likeness (QED) is 0.707. The van der Waals surface area contributed by atoms with Gasteiger partial charge in [-0.2, -0.15) is 0 Å². The molecule has 0 bridgehead atoms. The van der Waals surface area contributed by atoms with Crippen molar-refractivity contribution in [3.05, 3.63) is 30.1 Å². The minimum atomic E-state index is -0.784. The number of aromatic amines is 1. The van der Waals surface area contributed by atoms with Crippen LogP contribution in [0.4, 0.5) is 0 Å². The highest BCUT2D eigenvalue weighted by atomic mass is 16.5. The molecule has 0 spiro atoms. The van der Waals surface area contributed by atoms with E-state index in [9.17, 15) is 5.11 Å². The van der Waals surface area contributed by atoms with Crippen molar-refractivity contribution in [2.24, 2.45) is 17.8 Å². The molecule has 3 heterocycles. The minimum absolute atomic E-state index is 0.182. The van der Waals surface area contributed by atoms with E-state index in [4.69, 9.17) is 4.74 Å². The first kappa shape index (κ1) is 19.9. The van der Waals surface area contributed by atoms with Crippen molar-refractivity contribution in [2.75, 3.05) is 19.7 Å². The van der Waals surface area contributed by atoms with Crippen LogP contribution >= 0.6 is 0 Å². The van der Waals surface area contributed by atoms with Crippen molar-refractivity contribution in [3.8, 4) is 0 Å². The minimum Gasteiger partial charge on any atom is -0.383 e. The number of aliphatic hydroxyl groups is 1. The van der Waals surface area contributed by atoms with Crippen LogP contribution in [0.2, 0.25) is 0 Å². The van der Waals surface area contributed by atoms with E-state index in [2.05, 4.69) is 25.2 Å². The summed E-state index contributed by atoms with van der Waals surface area (Å²) in [5.41, 5.74) is 1.15. The third kappa shape index (κ3) is 4.05. The molecule has 2 N–H and O–H groups in total. The summed E-state index contributed by atoms with van der Waals surface area (Å²) in [7, 11) is 0. The lowest BCUT2D eigenvalue weighted by Crippen LogP contribution is -2.38. The summed E-state index contributed by atoms with van der Waals surface area (Å²) in [4.78, 5) is 9.96. The number of hydrogen-bond donors (Lipinski definition) is 2. The Balaban J connectivity index is 1.19. The molecular formula is C23H34N6O2. The van der Waals surface area contributed by atoms with Crippen molar-refractivity contribution in [1.82, 2.24) is 29.9 Å². The maximum atomic E-state index is 11.0. The Bertz CT molecular complexity index is 873. The van der Waals surface area contributed by atoms with E-state index in [0.29, 0.717) is 11.8 Å². The summed E-state index contributed by atoms with van der Waals surface area (Å²) >= 11 is 0. The average molecular weight is 427 g/mol. The van der Waals surface area contributed by atoms with Gasteiger partial charge in [0.05, 0.1) is 24.7 Å². The highest BCUT2D eigenvalue weighted by Gasteiger charge is 2.45. The van der Waals surface area contributed by atoms with Gasteiger partial charge in [0.1, 0.15) is 11.3 Å². The van der Waals surface area contributed by atoms with E-state index in [1.807, 2.05) is 17.1 Å². The van der Waals surface area contributed by atoms with Gasteiger partial charge in [-0.1, -0.05) is 18.1 Å². The van der Waals surface area contributed by atoms with Crippen molar-refractivity contribution in [3.63, 3.8) is 0 Å². The molecule has 4 fully saturated rings. The zero-order valence-electron chi connectivity index (χ0n) is 18.2. The molecule has 2 aromatic rings. The monoisotopic (exact) mass is 426 g/mol. The fraction of sp³-hybridized carbons (Fsp3) is 0.783. The number of hydrogen-bond acceptors (Lipinski definition) is 6. The Hall–Kier alpha value is -1.77. The molecule has 6 rings (SSSR count). The van der Waals surface area contributed by atoms with Crippen LogP contribution in [0.3, 0.4) is 0 Å². The first-order chi connectivity index (χ1) is 15.2. The normalized spacial score (nSPS) is 33.1. The summed E-state index contributed by atoms with van der Waals surface area (Å²) < 4.78 is 8.52. The van der Waals surface area contributed by atoms with Gasteiger partial charge in [-0.05, 0) is 56.3 Å². The van der Waals surface area contributed by atoms with Gasteiger partial charge in [-0.25, -0.2) is 9.67 Å². The van der Waals surface area contributed by atoms with Crippen LogP contribution in [0.1, 0.15) is 68.8 Å². The van der Waals surface area contributed by atoms with Gasteiger partial charge in [0, 0.05) is 38.1 Å². The number of ether oxygens (including phenoxy) is 1. The van der Waals surface area contributed by atoms with Gasteiger partial charge in [-0.15, -0.1) is 5.10 Å². The first-order valence-corrected chi connectivity index (χ1v) is 12.1. The average Bonchev–Trinajstić information content (AvgIpc) is 3.24. The smallest absolute Gasteiger partial charge is 0.114 e. The van der Waals surface area contributed by atoms with Crippen LogP contribution in [0.25, 0.3) is 0 Å². The van der Waals surface area contributed by atoms with Crippen LogP contribution in [0.15, 0.2) is 18.7 Å². The Morgan fingerprint density at radius 1 is 1.16 bits per heavy atom. The molecule has 3 saturated carbocycles. The SMILES string of the molecule is OC1(c2cn([C@@H]3C[C@@H]4CN(Cc5cnc[nH]5)C[C@@H]4C[C@H]3OCC3CC3)nn2)CCCC1. The number of likely N-dealkylation sites (tertiary alicyclic amines) is 1. The third-order valence-corrected chi connectivity index (χ3v) is 8.11. The molecule has 3 aliphatic carbocycles. The van der Waals surface area contributed by atoms with Gasteiger partial charge in [0.15, 0.2) is 0 Å². The molecule has 4 atom stereocenters. The van der Waals surface area contributed by atoms with Crippen molar-refractivity contribution in [1.29, 1.82) is 0 Å². The van der Waals surface area contributed by atoms with Crippen molar-refractivity contribution >= 4 is 0 Å². The molecule has 8 nitrogen and oxygen atoms in total. The highest BCUT2D eigenvalue weighted by Crippen LogP contribution is 2.44. The molecule has 2 aromatic heterocycles. The number of H-pyrrole nitrogens is 1. The number of fused-ring (bicyclic) bond motifs is 1. The molecule has 0 radical (unpaired) electrons. The van der Waals surface area contributed by atoms with Crippen LogP contribution < -0.4 is 0 Å². The Morgan fingerprint density at radius 2 is 1.97 bits per heavy atom. The lowest BCUT2D eigenvalue weighted by atomic mass is 9.77. The van der Waals surface area contributed by atoms with Gasteiger partial charge in [0.25, 0.3) is 0 Å². The molecular weight excluding hydrogens is 392 g/mol. The van der Waals surface area contributed by atoms with Gasteiger partial charge in [0.2, 0.25) is 0 Å². The molecule has 0 aromatic carbocycles.